The van der Waals surface area contributed by atoms with Crippen LogP contribution in [0.1, 0.15) is 25.7 Å². The Morgan fingerprint density at radius 2 is 1.76 bits per heavy atom. The molecule has 0 atom stereocenters. The number of rotatable bonds is 3. The quantitative estimate of drug-likeness (QED) is 0.707. The van der Waals surface area contributed by atoms with E-state index >= 15 is 0 Å². The summed E-state index contributed by atoms with van der Waals surface area (Å²) >= 11 is 1.16. The molecule has 3 rings (SSSR count). The van der Waals surface area contributed by atoms with Crippen LogP contribution in [0.5, 0.6) is 0 Å². The van der Waals surface area contributed by atoms with Gasteiger partial charge in [-0.2, -0.15) is 0 Å². The molecule has 0 aliphatic carbocycles. The number of nitrogens with one attached hydrogen (secondary N) is 2. The van der Waals surface area contributed by atoms with Crippen molar-refractivity contribution in [1.29, 1.82) is 0 Å². The van der Waals surface area contributed by atoms with Gasteiger partial charge in [-0.3, -0.25) is 25.4 Å². The maximum atomic E-state index is 13.6. The van der Waals surface area contributed by atoms with E-state index in [1.165, 1.54) is 24.3 Å². The van der Waals surface area contributed by atoms with Gasteiger partial charge < -0.3 is 0 Å². The van der Waals surface area contributed by atoms with Crippen LogP contribution in [0.25, 0.3) is 10.7 Å². The van der Waals surface area contributed by atoms with Crippen LogP contribution < -0.4 is 10.9 Å². The van der Waals surface area contributed by atoms with E-state index in [2.05, 4.69) is 20.8 Å². The first-order chi connectivity index (χ1) is 12.1. The number of aryl methyl sites for hydroxylation is 1. The van der Waals surface area contributed by atoms with E-state index in [0.717, 1.165) is 11.3 Å². The first kappa shape index (κ1) is 16.7. The minimum atomic E-state index is -0.737. The van der Waals surface area contributed by atoms with Crippen LogP contribution in [0.3, 0.4) is 0 Å². The normalized spacial score (nSPS) is 10.3. The van der Waals surface area contributed by atoms with E-state index in [-0.39, 0.29) is 5.56 Å². The van der Waals surface area contributed by atoms with E-state index in [9.17, 15) is 14.0 Å². The van der Waals surface area contributed by atoms with Gasteiger partial charge in [-0.1, -0.05) is 18.2 Å². The Kier molecular flexibility index (Phi) is 4.80. The number of benzene rings is 1. The van der Waals surface area contributed by atoms with Crippen molar-refractivity contribution < 1.29 is 14.0 Å². The van der Waals surface area contributed by atoms with Crippen LogP contribution in [0.15, 0.2) is 48.7 Å². The van der Waals surface area contributed by atoms with Crippen molar-refractivity contribution in [3.8, 4) is 10.7 Å². The van der Waals surface area contributed by atoms with Gasteiger partial charge in [-0.25, -0.2) is 9.37 Å². The highest BCUT2D eigenvalue weighted by atomic mass is 32.1. The summed E-state index contributed by atoms with van der Waals surface area (Å²) in [5.74, 6) is -1.93. The number of hydrogen-bond acceptors (Lipinski definition) is 5. The SMILES string of the molecule is Cc1nc(-c2ccccn2)sc1C(=O)NNC(=O)c1ccccc1F. The van der Waals surface area contributed by atoms with Gasteiger partial charge >= 0.3 is 0 Å². The molecule has 0 unspecified atom stereocenters. The third-order valence-electron chi connectivity index (χ3n) is 3.29. The molecule has 0 spiro atoms. The van der Waals surface area contributed by atoms with E-state index in [4.69, 9.17) is 0 Å². The number of hydrazine groups is 1. The molecule has 8 heteroatoms. The fourth-order valence-electron chi connectivity index (χ4n) is 2.09. The van der Waals surface area contributed by atoms with Crippen molar-refractivity contribution in [2.24, 2.45) is 0 Å². The molecule has 2 heterocycles. The smallest absolute Gasteiger partial charge is 0.267 e. The van der Waals surface area contributed by atoms with Crippen LogP contribution in [0, 0.1) is 12.7 Å². The highest BCUT2D eigenvalue weighted by Gasteiger charge is 2.18. The standard InChI is InChI=1S/C17H13FN4O2S/c1-10-14(25-17(20-10)13-8-4-5-9-19-13)16(24)22-21-15(23)11-6-2-3-7-12(11)18/h2-9H,1H3,(H,21,23)(H,22,24). The third-order valence-corrected chi connectivity index (χ3v) is 4.47. The molecule has 1 aromatic carbocycles. The fourth-order valence-corrected chi connectivity index (χ4v) is 3.03. The average molecular weight is 356 g/mol. The molecule has 2 aromatic heterocycles. The lowest BCUT2D eigenvalue weighted by atomic mass is 10.2. The van der Waals surface area contributed by atoms with Gasteiger partial charge in [-0.05, 0) is 31.2 Å². The van der Waals surface area contributed by atoms with Crippen molar-refractivity contribution in [2.45, 2.75) is 6.92 Å². The fraction of sp³-hybridized carbons (Fsp3) is 0.0588. The second kappa shape index (κ2) is 7.18. The lowest BCUT2D eigenvalue weighted by Crippen LogP contribution is -2.41. The highest BCUT2D eigenvalue weighted by molar-refractivity contribution is 7.17. The Morgan fingerprint density at radius 1 is 1.04 bits per heavy atom. The van der Waals surface area contributed by atoms with Crippen LogP contribution in [-0.2, 0) is 0 Å². The largest absolute Gasteiger partial charge is 0.281 e. The van der Waals surface area contributed by atoms with Crippen molar-refractivity contribution in [3.05, 3.63) is 70.6 Å². The lowest BCUT2D eigenvalue weighted by molar-refractivity contribution is 0.0846. The molecule has 6 nitrogen and oxygen atoms in total. The molecule has 25 heavy (non-hydrogen) atoms. The molecule has 0 aliphatic heterocycles. The van der Waals surface area contributed by atoms with Gasteiger partial charge in [0.2, 0.25) is 0 Å². The number of pyridine rings is 1. The molecule has 2 amide bonds. The molecular weight excluding hydrogens is 343 g/mol. The second-order valence-electron chi connectivity index (χ2n) is 5.04. The van der Waals surface area contributed by atoms with Crippen molar-refractivity contribution >= 4 is 23.2 Å². The Hall–Kier alpha value is -3.13. The van der Waals surface area contributed by atoms with Crippen molar-refractivity contribution in [2.75, 3.05) is 0 Å². The monoisotopic (exact) mass is 356 g/mol. The first-order valence-corrected chi connectivity index (χ1v) is 8.12. The molecular formula is C17H13FN4O2S. The lowest BCUT2D eigenvalue weighted by Gasteiger charge is -2.07. The summed E-state index contributed by atoms with van der Waals surface area (Å²) in [5, 5.41) is 0.601. The maximum Gasteiger partial charge on any atom is 0.281 e. The van der Waals surface area contributed by atoms with Gasteiger partial charge in [0, 0.05) is 6.20 Å². The van der Waals surface area contributed by atoms with Crippen LogP contribution in [0.4, 0.5) is 4.39 Å². The molecule has 0 saturated carbocycles. The maximum absolute atomic E-state index is 13.6. The van der Waals surface area contributed by atoms with Gasteiger partial charge in [0.05, 0.1) is 17.0 Å². The minimum Gasteiger partial charge on any atom is -0.267 e. The molecule has 3 aromatic rings. The van der Waals surface area contributed by atoms with E-state index in [1.54, 1.807) is 25.3 Å². The Balaban J connectivity index is 1.71. The Labute approximate surface area is 146 Å². The Morgan fingerprint density at radius 3 is 2.48 bits per heavy atom. The van der Waals surface area contributed by atoms with E-state index in [0.29, 0.717) is 21.3 Å². The topological polar surface area (TPSA) is 84.0 Å². The van der Waals surface area contributed by atoms with Gasteiger partial charge in [0.15, 0.2) is 0 Å². The van der Waals surface area contributed by atoms with Gasteiger partial charge in [-0.15, -0.1) is 11.3 Å². The van der Waals surface area contributed by atoms with Crippen LogP contribution in [-0.4, -0.2) is 21.8 Å². The molecule has 126 valence electrons. The second-order valence-corrected chi connectivity index (χ2v) is 6.04. The van der Waals surface area contributed by atoms with Gasteiger partial charge in [0.25, 0.3) is 11.8 Å². The van der Waals surface area contributed by atoms with Crippen LogP contribution in [0.2, 0.25) is 0 Å². The van der Waals surface area contributed by atoms with E-state index in [1.807, 2.05) is 6.07 Å². The third kappa shape index (κ3) is 3.69. The number of nitrogens with zero attached hydrogens (tertiary/aromatic N) is 2. The first-order valence-electron chi connectivity index (χ1n) is 7.30. The van der Waals surface area contributed by atoms with Crippen LogP contribution >= 0.6 is 11.3 Å². The molecule has 2 N–H and O–H groups in total. The zero-order valence-corrected chi connectivity index (χ0v) is 13.9. The molecule has 0 saturated heterocycles. The molecule has 0 aliphatic rings. The predicted octanol–water partition coefficient (Wildman–Crippen LogP) is 2.73. The zero-order valence-electron chi connectivity index (χ0n) is 13.1. The summed E-state index contributed by atoms with van der Waals surface area (Å²) in [6.45, 7) is 1.69. The van der Waals surface area contributed by atoms with Crippen molar-refractivity contribution in [3.63, 3.8) is 0 Å². The summed E-state index contributed by atoms with van der Waals surface area (Å²) in [6.07, 6.45) is 1.64. The number of halogens is 1. The number of carbonyl (C=O) groups is 2. The molecule has 0 bridgehead atoms. The summed E-state index contributed by atoms with van der Waals surface area (Å²) < 4.78 is 13.6. The predicted molar refractivity (Wildman–Crippen MR) is 91.4 cm³/mol. The highest BCUT2D eigenvalue weighted by Crippen LogP contribution is 2.26. The number of hydrogen-bond donors (Lipinski definition) is 2. The van der Waals surface area contributed by atoms with Crippen molar-refractivity contribution in [1.82, 2.24) is 20.8 Å². The number of amides is 2. The summed E-state index contributed by atoms with van der Waals surface area (Å²) in [7, 11) is 0. The zero-order chi connectivity index (χ0) is 17.8. The number of thiazole rings is 1. The molecule has 0 fully saturated rings. The summed E-state index contributed by atoms with van der Waals surface area (Å²) in [4.78, 5) is 33.0. The van der Waals surface area contributed by atoms with Gasteiger partial charge in [0.1, 0.15) is 15.7 Å². The number of carbonyl (C=O) groups excluding carboxylic acids is 2. The molecule has 0 radical (unpaired) electrons. The number of aromatic nitrogens is 2. The summed E-state index contributed by atoms with van der Waals surface area (Å²) in [6, 6.07) is 10.9. The Bertz CT molecular complexity index is 927. The minimum absolute atomic E-state index is 0.155. The van der Waals surface area contributed by atoms with E-state index < -0.39 is 17.6 Å². The average Bonchev–Trinajstić information content (AvgIpc) is 3.02. The summed E-state index contributed by atoms with van der Waals surface area (Å²) in [5.41, 5.74) is 5.49.